The van der Waals surface area contributed by atoms with Gasteiger partial charge in [-0.05, 0) is 49.7 Å². The Bertz CT molecular complexity index is 384. The van der Waals surface area contributed by atoms with Crippen molar-refractivity contribution >= 4 is 0 Å². The van der Waals surface area contributed by atoms with Gasteiger partial charge >= 0.3 is 0 Å². The second kappa shape index (κ2) is 5.79. The van der Waals surface area contributed by atoms with Crippen LogP contribution in [-0.4, -0.2) is 11.0 Å². The van der Waals surface area contributed by atoms with Crippen molar-refractivity contribution in [2.75, 3.05) is 0 Å². The molecule has 0 amide bonds. The maximum Gasteiger partial charge on any atom is 0.141 e. The average Bonchev–Trinajstić information content (AvgIpc) is 2.27. The van der Waals surface area contributed by atoms with E-state index in [2.05, 4.69) is 31.1 Å². The highest BCUT2D eigenvalue weighted by atomic mass is 19.1. The predicted molar refractivity (Wildman–Crippen MR) is 71.7 cm³/mol. The third-order valence-electron chi connectivity index (χ3n) is 3.89. The van der Waals surface area contributed by atoms with Crippen LogP contribution in [0.3, 0.4) is 0 Å². The lowest BCUT2D eigenvalue weighted by molar-refractivity contribution is 0.228. The van der Waals surface area contributed by atoms with Crippen molar-refractivity contribution in [2.45, 2.75) is 52.1 Å². The molecule has 1 saturated carbocycles. The van der Waals surface area contributed by atoms with Gasteiger partial charge in [-0.15, -0.1) is 0 Å². The molecule has 0 radical (unpaired) electrons. The van der Waals surface area contributed by atoms with Crippen LogP contribution >= 0.6 is 0 Å². The number of nitrogens with one attached hydrogen (secondary N) is 1. The van der Waals surface area contributed by atoms with Crippen LogP contribution in [-0.2, 0) is 0 Å². The molecule has 100 valence electrons. The summed E-state index contributed by atoms with van der Waals surface area (Å²) < 4.78 is 13.1. The lowest BCUT2D eigenvalue weighted by atomic mass is 9.80. The third-order valence-corrected chi connectivity index (χ3v) is 3.89. The van der Waals surface area contributed by atoms with E-state index < -0.39 is 0 Å². The Balaban J connectivity index is 1.96. The summed E-state index contributed by atoms with van der Waals surface area (Å²) in [5, 5.41) is 3.62. The predicted octanol–water partition coefficient (Wildman–Crippen LogP) is 3.70. The Morgan fingerprint density at radius 2 is 1.89 bits per heavy atom. The summed E-state index contributed by atoms with van der Waals surface area (Å²) >= 11 is 0. The van der Waals surface area contributed by atoms with Crippen LogP contribution in [0.1, 0.15) is 51.6 Å². The smallest absolute Gasteiger partial charge is 0.141 e. The first-order valence-corrected chi connectivity index (χ1v) is 6.91. The fourth-order valence-corrected chi connectivity index (χ4v) is 3.20. The van der Waals surface area contributed by atoms with Crippen LogP contribution in [0.15, 0.2) is 18.5 Å². The van der Waals surface area contributed by atoms with Gasteiger partial charge in [-0.25, -0.2) is 4.39 Å². The quantitative estimate of drug-likeness (QED) is 0.885. The third kappa shape index (κ3) is 3.52. The minimum Gasteiger partial charge on any atom is -0.307 e. The monoisotopic (exact) mass is 250 g/mol. The van der Waals surface area contributed by atoms with E-state index in [-0.39, 0.29) is 11.9 Å². The molecule has 1 aliphatic carbocycles. The Morgan fingerprint density at radius 3 is 2.50 bits per heavy atom. The van der Waals surface area contributed by atoms with Gasteiger partial charge in [0.2, 0.25) is 0 Å². The number of pyridine rings is 1. The highest BCUT2D eigenvalue weighted by molar-refractivity contribution is 5.14. The largest absolute Gasteiger partial charge is 0.307 e. The molecule has 0 spiro atoms. The van der Waals surface area contributed by atoms with Gasteiger partial charge in [0.05, 0.1) is 6.20 Å². The van der Waals surface area contributed by atoms with Crippen molar-refractivity contribution in [3.05, 3.63) is 29.8 Å². The number of aromatic nitrogens is 1. The zero-order chi connectivity index (χ0) is 13.1. The first kappa shape index (κ1) is 13.5. The number of rotatable bonds is 3. The molecule has 3 atom stereocenters. The summed E-state index contributed by atoms with van der Waals surface area (Å²) in [6.45, 7) is 6.72. The molecule has 0 saturated heterocycles. The summed E-state index contributed by atoms with van der Waals surface area (Å²) in [5.41, 5.74) is 0.931. The molecule has 1 aromatic heterocycles. The van der Waals surface area contributed by atoms with E-state index in [0.29, 0.717) is 6.04 Å². The molecular weight excluding hydrogens is 227 g/mol. The molecule has 1 fully saturated rings. The van der Waals surface area contributed by atoms with E-state index >= 15 is 0 Å². The molecular formula is C15H23FN2. The van der Waals surface area contributed by atoms with Crippen molar-refractivity contribution in [3.8, 4) is 0 Å². The fraction of sp³-hybridized carbons (Fsp3) is 0.667. The van der Waals surface area contributed by atoms with Crippen LogP contribution in [0.4, 0.5) is 4.39 Å². The molecule has 1 aromatic rings. The SMILES string of the molecule is CC1CC(C)CC(NC(C)c2cncc(F)c2)C1. The van der Waals surface area contributed by atoms with Gasteiger partial charge in [0.1, 0.15) is 5.82 Å². The lowest BCUT2D eigenvalue weighted by Gasteiger charge is -2.34. The maximum atomic E-state index is 13.1. The maximum absolute atomic E-state index is 13.1. The fourth-order valence-electron chi connectivity index (χ4n) is 3.20. The Hall–Kier alpha value is -0.960. The van der Waals surface area contributed by atoms with Gasteiger partial charge in [-0.2, -0.15) is 0 Å². The van der Waals surface area contributed by atoms with Gasteiger partial charge in [-0.3, -0.25) is 4.98 Å². The molecule has 1 N–H and O–H groups in total. The molecule has 0 aromatic carbocycles. The van der Waals surface area contributed by atoms with Crippen LogP contribution in [0.5, 0.6) is 0 Å². The minimum atomic E-state index is -0.258. The van der Waals surface area contributed by atoms with E-state index in [1.165, 1.54) is 25.5 Å². The highest BCUT2D eigenvalue weighted by Crippen LogP contribution is 2.29. The zero-order valence-electron chi connectivity index (χ0n) is 11.5. The topological polar surface area (TPSA) is 24.9 Å². The first-order valence-electron chi connectivity index (χ1n) is 6.91. The molecule has 1 aliphatic rings. The Labute approximate surface area is 109 Å². The first-order chi connectivity index (χ1) is 8.54. The van der Waals surface area contributed by atoms with E-state index in [1.807, 2.05) is 0 Å². The second-order valence-electron chi connectivity index (χ2n) is 5.94. The van der Waals surface area contributed by atoms with Gasteiger partial charge in [0.15, 0.2) is 0 Å². The van der Waals surface area contributed by atoms with Crippen LogP contribution in [0.25, 0.3) is 0 Å². The van der Waals surface area contributed by atoms with Gasteiger partial charge < -0.3 is 5.32 Å². The minimum absolute atomic E-state index is 0.163. The van der Waals surface area contributed by atoms with E-state index in [1.54, 1.807) is 12.3 Å². The normalized spacial score (nSPS) is 30.1. The van der Waals surface area contributed by atoms with E-state index in [4.69, 9.17) is 0 Å². The van der Waals surface area contributed by atoms with Crippen LogP contribution in [0.2, 0.25) is 0 Å². The Morgan fingerprint density at radius 1 is 1.22 bits per heavy atom. The van der Waals surface area contributed by atoms with Crippen molar-refractivity contribution in [2.24, 2.45) is 11.8 Å². The van der Waals surface area contributed by atoms with E-state index in [0.717, 1.165) is 17.4 Å². The summed E-state index contributed by atoms with van der Waals surface area (Å²) in [6.07, 6.45) is 6.76. The standard InChI is InChI=1S/C15H23FN2/c1-10-4-11(2)6-15(5-10)18-12(3)13-7-14(16)9-17-8-13/h7-12,15,18H,4-6H2,1-3H3. The van der Waals surface area contributed by atoms with Gasteiger partial charge in [0, 0.05) is 18.3 Å². The summed E-state index contributed by atoms with van der Waals surface area (Å²) in [4.78, 5) is 3.91. The molecule has 1 heterocycles. The highest BCUT2D eigenvalue weighted by Gasteiger charge is 2.25. The molecule has 3 heteroatoms. The molecule has 2 nitrogen and oxygen atoms in total. The van der Waals surface area contributed by atoms with Gasteiger partial charge in [0.25, 0.3) is 0 Å². The summed E-state index contributed by atoms with van der Waals surface area (Å²) in [7, 11) is 0. The lowest BCUT2D eigenvalue weighted by Crippen LogP contribution is -2.37. The van der Waals surface area contributed by atoms with Crippen LogP contribution in [0, 0.1) is 17.7 Å². The van der Waals surface area contributed by atoms with Crippen molar-refractivity contribution in [1.29, 1.82) is 0 Å². The second-order valence-corrected chi connectivity index (χ2v) is 5.94. The number of hydrogen-bond donors (Lipinski definition) is 1. The molecule has 2 rings (SSSR count). The molecule has 18 heavy (non-hydrogen) atoms. The van der Waals surface area contributed by atoms with Crippen molar-refractivity contribution in [3.63, 3.8) is 0 Å². The van der Waals surface area contributed by atoms with Crippen molar-refractivity contribution in [1.82, 2.24) is 10.3 Å². The molecule has 3 unspecified atom stereocenters. The number of hydrogen-bond acceptors (Lipinski definition) is 2. The molecule has 0 aliphatic heterocycles. The van der Waals surface area contributed by atoms with Crippen molar-refractivity contribution < 1.29 is 4.39 Å². The number of nitrogens with zero attached hydrogens (tertiary/aromatic N) is 1. The van der Waals surface area contributed by atoms with Crippen LogP contribution < -0.4 is 5.32 Å². The summed E-state index contributed by atoms with van der Waals surface area (Å²) in [6, 6.07) is 2.28. The Kier molecular flexibility index (Phi) is 4.33. The number of halogens is 1. The summed E-state index contributed by atoms with van der Waals surface area (Å²) in [5.74, 6) is 1.31. The van der Waals surface area contributed by atoms with Gasteiger partial charge in [-0.1, -0.05) is 13.8 Å². The molecule has 0 bridgehead atoms. The van der Waals surface area contributed by atoms with E-state index in [9.17, 15) is 4.39 Å². The average molecular weight is 250 g/mol. The zero-order valence-corrected chi connectivity index (χ0v) is 11.5.